The number of carbonyl (C=O) groups is 1. The molecule has 32 heavy (non-hydrogen) atoms. The summed E-state index contributed by atoms with van der Waals surface area (Å²) in [4.78, 5) is 20.7. The maximum absolute atomic E-state index is 13.0. The number of rotatable bonds is 8. The van der Waals surface area contributed by atoms with Crippen LogP contribution in [0.15, 0.2) is 78.0 Å². The number of aromatic nitrogens is 2. The van der Waals surface area contributed by atoms with Gasteiger partial charge in [-0.1, -0.05) is 71.4 Å². The normalized spacial score (nSPS) is 11.0. The van der Waals surface area contributed by atoms with Gasteiger partial charge in [0.05, 0.1) is 11.4 Å². The first-order chi connectivity index (χ1) is 15.5. The summed E-state index contributed by atoms with van der Waals surface area (Å²) in [5.74, 6) is 0.468. The highest BCUT2D eigenvalue weighted by Crippen LogP contribution is 2.33. The number of H-pyrrole nitrogens is 1. The molecule has 3 nitrogen and oxygen atoms in total. The third kappa shape index (κ3) is 5.35. The second-order valence-corrected chi connectivity index (χ2v) is 8.96. The number of nitrogens with one attached hydrogen (secondary N) is 1. The van der Waals surface area contributed by atoms with Crippen molar-refractivity contribution in [2.24, 2.45) is 0 Å². The SMILES string of the molecule is Cc1ccc(-c2nc(SCCCC(=O)c3ccc(F)cc3)[nH]c2-c2ccc(C)cc2)cc1. The first kappa shape index (κ1) is 22.0. The van der Waals surface area contributed by atoms with Crippen molar-refractivity contribution >= 4 is 17.5 Å². The molecule has 1 heterocycles. The molecule has 4 aromatic rings. The first-order valence-electron chi connectivity index (χ1n) is 10.7. The molecule has 0 bridgehead atoms. The summed E-state index contributed by atoms with van der Waals surface area (Å²) in [6.07, 6.45) is 1.15. The van der Waals surface area contributed by atoms with E-state index in [4.69, 9.17) is 4.98 Å². The van der Waals surface area contributed by atoms with Gasteiger partial charge in [-0.2, -0.15) is 0 Å². The fourth-order valence-electron chi connectivity index (χ4n) is 3.45. The molecule has 0 spiro atoms. The van der Waals surface area contributed by atoms with E-state index in [0.717, 1.165) is 39.8 Å². The van der Waals surface area contributed by atoms with Crippen LogP contribution in [0.3, 0.4) is 0 Å². The lowest BCUT2D eigenvalue weighted by atomic mass is 10.0. The van der Waals surface area contributed by atoms with Gasteiger partial charge in [-0.25, -0.2) is 9.37 Å². The van der Waals surface area contributed by atoms with Crippen molar-refractivity contribution in [3.63, 3.8) is 0 Å². The Kier molecular flexibility index (Phi) is 6.86. The van der Waals surface area contributed by atoms with Crippen molar-refractivity contribution < 1.29 is 9.18 Å². The Hall–Kier alpha value is -3.18. The predicted molar refractivity (Wildman–Crippen MR) is 130 cm³/mol. The average Bonchev–Trinajstić information content (AvgIpc) is 3.22. The Labute approximate surface area is 192 Å². The molecule has 3 aromatic carbocycles. The lowest BCUT2D eigenvalue weighted by molar-refractivity contribution is 0.0982. The minimum Gasteiger partial charge on any atom is -0.332 e. The van der Waals surface area contributed by atoms with Crippen LogP contribution in [0.2, 0.25) is 0 Å². The fraction of sp³-hybridized carbons (Fsp3) is 0.185. The number of thioether (sulfide) groups is 1. The van der Waals surface area contributed by atoms with Gasteiger partial charge in [0.2, 0.25) is 0 Å². The van der Waals surface area contributed by atoms with E-state index in [1.807, 2.05) is 0 Å². The number of aryl methyl sites for hydroxylation is 2. The molecule has 162 valence electrons. The number of nitrogens with zero attached hydrogens (tertiary/aromatic N) is 1. The van der Waals surface area contributed by atoms with Crippen LogP contribution in [0.4, 0.5) is 4.39 Å². The van der Waals surface area contributed by atoms with Crippen molar-refractivity contribution in [3.05, 3.63) is 95.3 Å². The summed E-state index contributed by atoms with van der Waals surface area (Å²) in [6.45, 7) is 4.15. The molecule has 0 amide bonds. The molecule has 0 fully saturated rings. The van der Waals surface area contributed by atoms with Gasteiger partial charge in [0.15, 0.2) is 10.9 Å². The summed E-state index contributed by atoms with van der Waals surface area (Å²) < 4.78 is 13.0. The molecule has 0 saturated heterocycles. The van der Waals surface area contributed by atoms with E-state index in [-0.39, 0.29) is 11.6 Å². The van der Waals surface area contributed by atoms with E-state index in [1.165, 1.54) is 23.3 Å². The molecule has 4 rings (SSSR count). The third-order valence-electron chi connectivity index (χ3n) is 5.30. The first-order valence-corrected chi connectivity index (χ1v) is 11.6. The largest absolute Gasteiger partial charge is 0.332 e. The van der Waals surface area contributed by atoms with Gasteiger partial charge < -0.3 is 4.98 Å². The van der Waals surface area contributed by atoms with Crippen LogP contribution < -0.4 is 0 Å². The summed E-state index contributed by atoms with van der Waals surface area (Å²) >= 11 is 1.61. The van der Waals surface area contributed by atoms with Crippen LogP contribution in [-0.2, 0) is 0 Å². The number of aromatic amines is 1. The number of carbonyl (C=O) groups excluding carboxylic acids is 1. The van der Waals surface area contributed by atoms with E-state index in [9.17, 15) is 9.18 Å². The van der Waals surface area contributed by atoms with E-state index < -0.39 is 0 Å². The fourth-order valence-corrected chi connectivity index (χ4v) is 4.26. The molecule has 1 N–H and O–H groups in total. The Balaban J connectivity index is 1.47. The highest BCUT2D eigenvalue weighted by Gasteiger charge is 2.15. The van der Waals surface area contributed by atoms with Crippen LogP contribution in [0.1, 0.15) is 34.3 Å². The van der Waals surface area contributed by atoms with Gasteiger partial charge in [-0.15, -0.1) is 0 Å². The van der Waals surface area contributed by atoms with Crippen molar-refractivity contribution in [2.45, 2.75) is 31.8 Å². The maximum Gasteiger partial charge on any atom is 0.166 e. The number of hydrogen-bond acceptors (Lipinski definition) is 3. The molecule has 0 radical (unpaired) electrons. The van der Waals surface area contributed by atoms with E-state index >= 15 is 0 Å². The van der Waals surface area contributed by atoms with Crippen molar-refractivity contribution in [1.29, 1.82) is 0 Å². The smallest absolute Gasteiger partial charge is 0.166 e. The van der Waals surface area contributed by atoms with E-state index in [1.54, 1.807) is 23.9 Å². The van der Waals surface area contributed by atoms with Gasteiger partial charge in [-0.3, -0.25) is 4.79 Å². The predicted octanol–water partition coefficient (Wildman–Crippen LogP) is 7.25. The van der Waals surface area contributed by atoms with E-state index in [0.29, 0.717) is 12.0 Å². The highest BCUT2D eigenvalue weighted by molar-refractivity contribution is 7.99. The Morgan fingerprint density at radius 2 is 1.47 bits per heavy atom. The van der Waals surface area contributed by atoms with Crippen molar-refractivity contribution in [3.8, 4) is 22.5 Å². The summed E-state index contributed by atoms with van der Waals surface area (Å²) in [5, 5.41) is 0.838. The maximum atomic E-state index is 13.0. The monoisotopic (exact) mass is 444 g/mol. The minimum atomic E-state index is -0.330. The number of benzene rings is 3. The standard InChI is InChI=1S/C27H25FN2OS/c1-18-5-9-21(10-6-18)25-26(22-11-7-19(2)8-12-22)30-27(29-25)32-17-3-4-24(31)20-13-15-23(28)16-14-20/h5-16H,3-4,17H2,1-2H3,(H,29,30). The summed E-state index contributed by atoms with van der Waals surface area (Å²) in [5.41, 5.74) is 7.07. The summed E-state index contributed by atoms with van der Waals surface area (Å²) in [7, 11) is 0. The number of hydrogen-bond donors (Lipinski definition) is 1. The zero-order valence-corrected chi connectivity index (χ0v) is 19.0. The molecule has 5 heteroatoms. The van der Waals surface area contributed by atoms with Crippen LogP contribution in [0, 0.1) is 19.7 Å². The van der Waals surface area contributed by atoms with Gasteiger partial charge in [0.1, 0.15) is 5.82 Å². The second-order valence-electron chi connectivity index (χ2n) is 7.88. The van der Waals surface area contributed by atoms with Gasteiger partial charge >= 0.3 is 0 Å². The average molecular weight is 445 g/mol. The third-order valence-corrected chi connectivity index (χ3v) is 6.26. The molecular weight excluding hydrogens is 419 g/mol. The minimum absolute atomic E-state index is 0.0331. The van der Waals surface area contributed by atoms with Crippen LogP contribution >= 0.6 is 11.8 Å². The molecule has 0 saturated carbocycles. The molecule has 0 atom stereocenters. The summed E-state index contributed by atoms with van der Waals surface area (Å²) in [6, 6.07) is 22.5. The molecule has 0 aliphatic carbocycles. The van der Waals surface area contributed by atoms with Crippen molar-refractivity contribution in [1.82, 2.24) is 9.97 Å². The topological polar surface area (TPSA) is 45.8 Å². The second kappa shape index (κ2) is 9.96. The van der Waals surface area contributed by atoms with Gasteiger partial charge in [-0.05, 0) is 44.5 Å². The van der Waals surface area contributed by atoms with Gasteiger partial charge in [0, 0.05) is 28.9 Å². The molecule has 0 unspecified atom stereocenters. The van der Waals surface area contributed by atoms with Crippen molar-refractivity contribution in [2.75, 3.05) is 5.75 Å². The molecule has 0 aliphatic heterocycles. The van der Waals surface area contributed by atoms with Crippen LogP contribution in [0.25, 0.3) is 22.5 Å². The Morgan fingerprint density at radius 1 is 0.875 bits per heavy atom. The van der Waals surface area contributed by atoms with Crippen LogP contribution in [0.5, 0.6) is 0 Å². The number of imidazole rings is 1. The zero-order valence-electron chi connectivity index (χ0n) is 18.2. The zero-order chi connectivity index (χ0) is 22.5. The quantitative estimate of drug-likeness (QED) is 0.177. The van der Waals surface area contributed by atoms with E-state index in [2.05, 4.69) is 67.4 Å². The molecule has 0 aliphatic rings. The molecule has 1 aromatic heterocycles. The lowest BCUT2D eigenvalue weighted by Crippen LogP contribution is -1.99. The number of halogens is 1. The van der Waals surface area contributed by atoms with Crippen LogP contribution in [-0.4, -0.2) is 21.5 Å². The number of Topliss-reactive ketones (excluding diaryl/α,β-unsaturated/α-hetero) is 1. The molecular formula is C27H25FN2OS. The Morgan fingerprint density at radius 3 is 2.09 bits per heavy atom. The Bertz CT molecular complexity index is 1130. The van der Waals surface area contributed by atoms with Gasteiger partial charge in [0.25, 0.3) is 0 Å². The lowest BCUT2D eigenvalue weighted by Gasteiger charge is -2.04. The number of ketones is 1. The highest BCUT2D eigenvalue weighted by atomic mass is 32.2.